The molecule has 0 bridgehead atoms. The second kappa shape index (κ2) is 10.4. The van der Waals surface area contributed by atoms with Crippen molar-refractivity contribution < 1.29 is 4.79 Å². The molecular weight excluding hydrogens is 382 g/mol. The van der Waals surface area contributed by atoms with Gasteiger partial charge in [-0.05, 0) is 68.0 Å². The van der Waals surface area contributed by atoms with Crippen LogP contribution in [0.4, 0.5) is 0 Å². The number of carbonyl (C=O) groups is 1. The minimum Gasteiger partial charge on any atom is -0.337 e. The summed E-state index contributed by atoms with van der Waals surface area (Å²) in [4.78, 5) is 20.0. The van der Waals surface area contributed by atoms with Crippen molar-refractivity contribution >= 4 is 5.91 Å². The van der Waals surface area contributed by atoms with Crippen LogP contribution in [0, 0.1) is 5.92 Å². The average Bonchev–Trinajstić information content (AvgIpc) is 3.59. The van der Waals surface area contributed by atoms with E-state index in [-0.39, 0.29) is 5.91 Å². The van der Waals surface area contributed by atoms with Crippen molar-refractivity contribution in [3.05, 3.63) is 70.8 Å². The zero-order chi connectivity index (χ0) is 21.6. The summed E-state index contributed by atoms with van der Waals surface area (Å²) in [7, 11) is 4.13. The topological polar surface area (TPSA) is 26.8 Å². The number of fused-ring (bicyclic) bond motifs is 1. The Hall–Kier alpha value is -2.17. The maximum atomic E-state index is 13.2. The molecule has 1 aliphatic carbocycles. The molecule has 0 radical (unpaired) electrons. The average molecular weight is 420 g/mol. The van der Waals surface area contributed by atoms with E-state index in [1.807, 2.05) is 23.1 Å². The molecule has 4 nitrogen and oxygen atoms in total. The van der Waals surface area contributed by atoms with Crippen LogP contribution in [0.1, 0.15) is 41.5 Å². The van der Waals surface area contributed by atoms with E-state index in [4.69, 9.17) is 0 Å². The second-order valence-corrected chi connectivity index (χ2v) is 9.59. The molecule has 1 saturated carbocycles. The van der Waals surface area contributed by atoms with Gasteiger partial charge in [-0.2, -0.15) is 0 Å². The number of carbonyl (C=O) groups excluding carboxylic acids is 1. The summed E-state index contributed by atoms with van der Waals surface area (Å²) in [5, 5.41) is 0. The van der Waals surface area contributed by atoms with Crippen molar-refractivity contribution in [2.24, 2.45) is 5.92 Å². The first-order chi connectivity index (χ1) is 15.1. The maximum absolute atomic E-state index is 13.2. The standard InChI is InChI=1S/C27H37N3O/c1-28(2)17-18-30(20-22-7-4-3-5-8-22)27(31)14-13-24-9-6-10-25-21-29(16-15-26(24)25)19-23-11-12-23/h3-10,23H,11-21H2,1-2H3. The normalized spacial score (nSPS) is 16.4. The summed E-state index contributed by atoms with van der Waals surface area (Å²) in [6.07, 6.45) is 5.39. The van der Waals surface area contributed by atoms with Crippen LogP contribution in [0.5, 0.6) is 0 Å². The van der Waals surface area contributed by atoms with Crippen LogP contribution in [0.3, 0.4) is 0 Å². The first kappa shape index (κ1) is 22.0. The third-order valence-corrected chi connectivity index (χ3v) is 6.65. The van der Waals surface area contributed by atoms with Gasteiger partial charge in [0.2, 0.25) is 5.91 Å². The van der Waals surface area contributed by atoms with Gasteiger partial charge in [0.15, 0.2) is 0 Å². The molecule has 2 aromatic carbocycles. The lowest BCUT2D eigenvalue weighted by Gasteiger charge is -2.30. The molecule has 1 amide bonds. The van der Waals surface area contributed by atoms with Crippen LogP contribution in [0.25, 0.3) is 0 Å². The van der Waals surface area contributed by atoms with Gasteiger partial charge in [-0.3, -0.25) is 9.69 Å². The molecule has 0 spiro atoms. The Morgan fingerprint density at radius 3 is 2.58 bits per heavy atom. The second-order valence-electron chi connectivity index (χ2n) is 9.59. The molecule has 4 rings (SSSR count). The third kappa shape index (κ3) is 6.41. The summed E-state index contributed by atoms with van der Waals surface area (Å²) in [6, 6.07) is 17.1. The van der Waals surface area contributed by atoms with Crippen LogP contribution in [-0.4, -0.2) is 60.9 Å². The number of amides is 1. The van der Waals surface area contributed by atoms with Gasteiger partial charge in [-0.1, -0.05) is 48.5 Å². The highest BCUT2D eigenvalue weighted by molar-refractivity contribution is 5.76. The molecule has 31 heavy (non-hydrogen) atoms. The van der Waals surface area contributed by atoms with Gasteiger partial charge in [-0.15, -0.1) is 0 Å². The lowest BCUT2D eigenvalue weighted by Crippen LogP contribution is -2.36. The van der Waals surface area contributed by atoms with Crippen LogP contribution >= 0.6 is 0 Å². The first-order valence-electron chi connectivity index (χ1n) is 11.9. The maximum Gasteiger partial charge on any atom is 0.223 e. The van der Waals surface area contributed by atoms with E-state index < -0.39 is 0 Å². The van der Waals surface area contributed by atoms with Crippen molar-refractivity contribution in [2.75, 3.05) is 40.3 Å². The van der Waals surface area contributed by atoms with E-state index in [1.165, 1.54) is 41.6 Å². The lowest BCUT2D eigenvalue weighted by molar-refractivity contribution is -0.132. The van der Waals surface area contributed by atoms with E-state index in [1.54, 1.807) is 0 Å². The summed E-state index contributed by atoms with van der Waals surface area (Å²) in [6.45, 7) is 5.85. The van der Waals surface area contributed by atoms with Gasteiger partial charge in [0.1, 0.15) is 0 Å². The van der Waals surface area contributed by atoms with Gasteiger partial charge in [0.25, 0.3) is 0 Å². The monoisotopic (exact) mass is 419 g/mol. The Balaban J connectivity index is 1.38. The van der Waals surface area contributed by atoms with Gasteiger partial charge in [-0.25, -0.2) is 0 Å². The molecule has 166 valence electrons. The highest BCUT2D eigenvalue weighted by Gasteiger charge is 2.27. The van der Waals surface area contributed by atoms with Gasteiger partial charge >= 0.3 is 0 Å². The number of hydrogen-bond acceptors (Lipinski definition) is 3. The van der Waals surface area contributed by atoms with Crippen molar-refractivity contribution in [3.63, 3.8) is 0 Å². The molecular formula is C27H37N3O. The summed E-state index contributed by atoms with van der Waals surface area (Å²) < 4.78 is 0. The van der Waals surface area contributed by atoms with Gasteiger partial charge < -0.3 is 9.80 Å². The fourth-order valence-electron chi connectivity index (χ4n) is 4.62. The van der Waals surface area contributed by atoms with Crippen LogP contribution in [-0.2, 0) is 30.7 Å². The minimum atomic E-state index is 0.259. The van der Waals surface area contributed by atoms with Gasteiger partial charge in [0, 0.05) is 45.7 Å². The summed E-state index contributed by atoms with van der Waals surface area (Å²) in [5.74, 6) is 1.20. The predicted octanol–water partition coefficient (Wildman–Crippen LogP) is 3.98. The SMILES string of the molecule is CN(C)CCN(Cc1ccccc1)C(=O)CCc1cccc2c1CCN(CC1CC1)C2. The molecule has 2 aliphatic rings. The zero-order valence-electron chi connectivity index (χ0n) is 19.2. The molecule has 0 aromatic heterocycles. The number of benzene rings is 2. The van der Waals surface area contributed by atoms with Crippen molar-refractivity contribution in [1.29, 1.82) is 0 Å². The molecule has 0 N–H and O–H groups in total. The highest BCUT2D eigenvalue weighted by Crippen LogP contribution is 2.32. The Morgan fingerprint density at radius 1 is 1.03 bits per heavy atom. The smallest absolute Gasteiger partial charge is 0.223 e. The summed E-state index contributed by atoms with van der Waals surface area (Å²) >= 11 is 0. The molecule has 1 heterocycles. The number of nitrogens with zero attached hydrogens (tertiary/aromatic N) is 3. The van der Waals surface area contributed by atoms with E-state index in [9.17, 15) is 4.79 Å². The van der Waals surface area contributed by atoms with Crippen molar-refractivity contribution in [3.8, 4) is 0 Å². The van der Waals surface area contributed by atoms with E-state index in [2.05, 4.69) is 54.2 Å². The Labute approximate surface area is 187 Å². The molecule has 1 fully saturated rings. The molecule has 1 aliphatic heterocycles. The van der Waals surface area contributed by atoms with E-state index >= 15 is 0 Å². The van der Waals surface area contributed by atoms with Crippen LogP contribution < -0.4 is 0 Å². The molecule has 0 saturated heterocycles. The van der Waals surface area contributed by atoms with Crippen LogP contribution in [0.15, 0.2) is 48.5 Å². The lowest BCUT2D eigenvalue weighted by atomic mass is 9.92. The van der Waals surface area contributed by atoms with Gasteiger partial charge in [0.05, 0.1) is 0 Å². The number of hydrogen-bond donors (Lipinski definition) is 0. The Kier molecular flexibility index (Phi) is 7.41. The third-order valence-electron chi connectivity index (χ3n) is 6.65. The molecule has 4 heteroatoms. The molecule has 2 aromatic rings. The van der Waals surface area contributed by atoms with Crippen molar-refractivity contribution in [1.82, 2.24) is 14.7 Å². The Morgan fingerprint density at radius 2 is 1.84 bits per heavy atom. The fraction of sp³-hybridized carbons (Fsp3) is 0.519. The fourth-order valence-corrected chi connectivity index (χ4v) is 4.62. The molecule has 0 unspecified atom stereocenters. The zero-order valence-corrected chi connectivity index (χ0v) is 19.2. The summed E-state index contributed by atoms with van der Waals surface area (Å²) in [5.41, 5.74) is 5.56. The molecule has 0 atom stereocenters. The highest BCUT2D eigenvalue weighted by atomic mass is 16.2. The Bertz CT molecular complexity index is 860. The van der Waals surface area contributed by atoms with Crippen molar-refractivity contribution in [2.45, 2.75) is 45.2 Å². The first-order valence-corrected chi connectivity index (χ1v) is 11.9. The largest absolute Gasteiger partial charge is 0.337 e. The quantitative estimate of drug-likeness (QED) is 0.583. The number of aryl methyl sites for hydroxylation is 1. The van der Waals surface area contributed by atoms with Crippen LogP contribution in [0.2, 0.25) is 0 Å². The van der Waals surface area contributed by atoms with E-state index in [0.29, 0.717) is 13.0 Å². The van der Waals surface area contributed by atoms with E-state index in [0.717, 1.165) is 44.9 Å². The minimum absolute atomic E-state index is 0.259. The number of rotatable bonds is 10. The number of likely N-dealkylation sites (N-methyl/N-ethyl adjacent to an activating group) is 1. The predicted molar refractivity (Wildman–Crippen MR) is 127 cm³/mol.